The van der Waals surface area contributed by atoms with Crippen LogP contribution in [0.3, 0.4) is 0 Å². The van der Waals surface area contributed by atoms with Crippen LogP contribution in [0.25, 0.3) is 0 Å². The molecular weight excluding hydrogens is 264 g/mol. The molecule has 1 aliphatic heterocycles. The number of hydrogen-bond donors (Lipinski definition) is 0. The van der Waals surface area contributed by atoms with E-state index in [4.69, 9.17) is 0 Å². The molecule has 2 rings (SSSR count). The van der Waals surface area contributed by atoms with Gasteiger partial charge in [0.15, 0.2) is 0 Å². The molecule has 21 heavy (non-hydrogen) atoms. The molecule has 0 N–H and O–H groups in total. The van der Waals surface area contributed by atoms with E-state index >= 15 is 0 Å². The van der Waals surface area contributed by atoms with Gasteiger partial charge in [-0.3, -0.25) is 9.59 Å². The van der Waals surface area contributed by atoms with Crippen LogP contribution in [0.4, 0.5) is 5.69 Å². The molecule has 1 atom stereocenters. The summed E-state index contributed by atoms with van der Waals surface area (Å²) in [5.74, 6) is -0.0635. The third-order valence-electron chi connectivity index (χ3n) is 3.88. The summed E-state index contributed by atoms with van der Waals surface area (Å²) < 4.78 is 0. The Labute approximate surface area is 126 Å². The number of amides is 2. The molecule has 0 spiro atoms. The smallest absolute Gasteiger partial charge is 0.249 e. The number of anilines is 1. The molecule has 0 radical (unpaired) electrons. The molecule has 1 aromatic rings. The first-order chi connectivity index (χ1) is 10.1. The molecule has 1 heterocycles. The molecule has 0 aromatic heterocycles. The van der Waals surface area contributed by atoms with Gasteiger partial charge in [-0.1, -0.05) is 31.2 Å². The highest BCUT2D eigenvalue weighted by atomic mass is 16.2. The number of hydrogen-bond acceptors (Lipinski definition) is 2. The number of carbonyl (C=O) groups is 2. The lowest BCUT2D eigenvalue weighted by molar-refractivity contribution is -0.133. The van der Waals surface area contributed by atoms with Crippen LogP contribution in [0.15, 0.2) is 42.0 Å². The standard InChI is InChI=1S/C17H22N2O2/c1-4-8-13(2)16(20)18(3)15-11-12-19(17(15)21)14-9-6-5-7-10-14/h5-10,15H,4,11-12H2,1-3H3/b13-8-. The van der Waals surface area contributed by atoms with Crippen molar-refractivity contribution in [2.45, 2.75) is 32.7 Å². The van der Waals surface area contributed by atoms with E-state index in [1.807, 2.05) is 43.3 Å². The van der Waals surface area contributed by atoms with Gasteiger partial charge in [-0.05, 0) is 31.9 Å². The van der Waals surface area contributed by atoms with Crippen molar-refractivity contribution in [1.82, 2.24) is 4.90 Å². The predicted molar refractivity (Wildman–Crippen MR) is 84.0 cm³/mol. The third-order valence-corrected chi connectivity index (χ3v) is 3.88. The van der Waals surface area contributed by atoms with Gasteiger partial charge in [0.1, 0.15) is 6.04 Å². The SMILES string of the molecule is CC/C=C(/C)C(=O)N(C)C1CCN(c2ccccc2)C1=O. The van der Waals surface area contributed by atoms with Gasteiger partial charge in [0, 0.05) is 24.9 Å². The molecule has 112 valence electrons. The molecule has 1 aromatic carbocycles. The fraction of sp³-hybridized carbons (Fsp3) is 0.412. The maximum Gasteiger partial charge on any atom is 0.249 e. The Morgan fingerprint density at radius 1 is 1.38 bits per heavy atom. The van der Waals surface area contributed by atoms with Crippen LogP contribution in [0.2, 0.25) is 0 Å². The number of para-hydroxylation sites is 1. The fourth-order valence-electron chi connectivity index (χ4n) is 2.70. The topological polar surface area (TPSA) is 40.6 Å². The van der Waals surface area contributed by atoms with Crippen molar-refractivity contribution in [3.63, 3.8) is 0 Å². The summed E-state index contributed by atoms with van der Waals surface area (Å²) in [6.07, 6.45) is 3.39. The van der Waals surface area contributed by atoms with Crippen molar-refractivity contribution in [2.24, 2.45) is 0 Å². The van der Waals surface area contributed by atoms with E-state index < -0.39 is 0 Å². The zero-order valence-corrected chi connectivity index (χ0v) is 12.9. The summed E-state index contributed by atoms with van der Waals surface area (Å²) in [6.45, 7) is 4.45. The second-order valence-corrected chi connectivity index (χ2v) is 5.34. The first kappa shape index (κ1) is 15.3. The van der Waals surface area contributed by atoms with E-state index in [-0.39, 0.29) is 17.9 Å². The Morgan fingerprint density at radius 2 is 2.05 bits per heavy atom. The number of rotatable bonds is 4. The lowest BCUT2D eigenvalue weighted by atomic mass is 10.1. The second-order valence-electron chi connectivity index (χ2n) is 5.34. The Kier molecular flexibility index (Phi) is 4.78. The third kappa shape index (κ3) is 3.15. The van der Waals surface area contributed by atoms with E-state index in [1.54, 1.807) is 23.8 Å². The van der Waals surface area contributed by atoms with Gasteiger partial charge in [-0.2, -0.15) is 0 Å². The minimum atomic E-state index is -0.363. The molecule has 0 bridgehead atoms. The van der Waals surface area contributed by atoms with Crippen LogP contribution < -0.4 is 4.90 Å². The maximum absolute atomic E-state index is 12.5. The highest BCUT2D eigenvalue weighted by Gasteiger charge is 2.37. The first-order valence-electron chi connectivity index (χ1n) is 7.36. The van der Waals surface area contributed by atoms with Gasteiger partial charge in [0.05, 0.1) is 0 Å². The van der Waals surface area contributed by atoms with Gasteiger partial charge in [0.25, 0.3) is 0 Å². The van der Waals surface area contributed by atoms with Crippen molar-refractivity contribution in [3.05, 3.63) is 42.0 Å². The molecule has 2 amide bonds. The zero-order chi connectivity index (χ0) is 15.4. The quantitative estimate of drug-likeness (QED) is 0.798. The highest BCUT2D eigenvalue weighted by Crippen LogP contribution is 2.24. The molecule has 0 saturated carbocycles. The molecule has 0 aliphatic carbocycles. The average molecular weight is 286 g/mol. The van der Waals surface area contributed by atoms with Crippen LogP contribution in [0, 0.1) is 0 Å². The number of carbonyl (C=O) groups excluding carboxylic acids is 2. The van der Waals surface area contributed by atoms with Crippen molar-refractivity contribution in [3.8, 4) is 0 Å². The van der Waals surface area contributed by atoms with Crippen molar-refractivity contribution in [1.29, 1.82) is 0 Å². The second kappa shape index (κ2) is 6.57. The normalized spacial score (nSPS) is 19.0. The van der Waals surface area contributed by atoms with Crippen LogP contribution >= 0.6 is 0 Å². The Morgan fingerprint density at radius 3 is 2.67 bits per heavy atom. The predicted octanol–water partition coefficient (Wildman–Crippen LogP) is 2.61. The maximum atomic E-state index is 12.5. The molecule has 1 fully saturated rings. The number of allylic oxidation sites excluding steroid dienone is 1. The molecular formula is C17H22N2O2. The van der Waals surface area contributed by atoms with Crippen LogP contribution in [-0.4, -0.2) is 36.3 Å². The van der Waals surface area contributed by atoms with Gasteiger partial charge in [0.2, 0.25) is 11.8 Å². The summed E-state index contributed by atoms with van der Waals surface area (Å²) in [7, 11) is 1.71. The monoisotopic (exact) mass is 286 g/mol. The van der Waals surface area contributed by atoms with E-state index in [9.17, 15) is 9.59 Å². The van der Waals surface area contributed by atoms with Gasteiger partial charge >= 0.3 is 0 Å². The summed E-state index contributed by atoms with van der Waals surface area (Å²) >= 11 is 0. The van der Waals surface area contributed by atoms with Gasteiger partial charge in [-0.15, -0.1) is 0 Å². The lowest BCUT2D eigenvalue weighted by Gasteiger charge is -2.24. The molecule has 1 aliphatic rings. The van der Waals surface area contributed by atoms with Crippen molar-refractivity contribution in [2.75, 3.05) is 18.5 Å². The minimum Gasteiger partial charge on any atom is -0.330 e. The first-order valence-corrected chi connectivity index (χ1v) is 7.36. The number of likely N-dealkylation sites (N-methyl/N-ethyl adjacent to an activating group) is 1. The molecule has 1 unspecified atom stereocenters. The van der Waals surface area contributed by atoms with Crippen LogP contribution in [-0.2, 0) is 9.59 Å². The van der Waals surface area contributed by atoms with E-state index in [0.717, 1.165) is 12.1 Å². The molecule has 4 heteroatoms. The Hall–Kier alpha value is -2.10. The lowest BCUT2D eigenvalue weighted by Crippen LogP contribution is -2.43. The Balaban J connectivity index is 2.11. The summed E-state index contributed by atoms with van der Waals surface area (Å²) in [5.41, 5.74) is 1.60. The minimum absolute atomic E-state index is 0.00125. The largest absolute Gasteiger partial charge is 0.330 e. The molecule has 4 nitrogen and oxygen atoms in total. The van der Waals surface area contributed by atoms with Crippen LogP contribution in [0.1, 0.15) is 26.7 Å². The zero-order valence-electron chi connectivity index (χ0n) is 12.9. The average Bonchev–Trinajstić information content (AvgIpc) is 2.88. The van der Waals surface area contributed by atoms with E-state index in [2.05, 4.69) is 0 Å². The fourth-order valence-corrected chi connectivity index (χ4v) is 2.70. The Bertz CT molecular complexity index is 551. The van der Waals surface area contributed by atoms with Crippen molar-refractivity contribution >= 4 is 17.5 Å². The number of nitrogens with zero attached hydrogens (tertiary/aromatic N) is 2. The molecule has 1 saturated heterocycles. The van der Waals surface area contributed by atoms with Gasteiger partial charge in [-0.25, -0.2) is 0 Å². The van der Waals surface area contributed by atoms with E-state index in [0.29, 0.717) is 18.5 Å². The van der Waals surface area contributed by atoms with Crippen molar-refractivity contribution < 1.29 is 9.59 Å². The summed E-state index contributed by atoms with van der Waals surface area (Å²) in [5, 5.41) is 0. The highest BCUT2D eigenvalue weighted by molar-refractivity contribution is 6.03. The van der Waals surface area contributed by atoms with E-state index in [1.165, 1.54) is 0 Å². The van der Waals surface area contributed by atoms with Gasteiger partial charge < -0.3 is 9.80 Å². The van der Waals surface area contributed by atoms with Crippen LogP contribution in [0.5, 0.6) is 0 Å². The summed E-state index contributed by atoms with van der Waals surface area (Å²) in [6, 6.07) is 9.24. The number of benzene rings is 1. The summed E-state index contributed by atoms with van der Waals surface area (Å²) in [4.78, 5) is 28.2.